The maximum Gasteiger partial charge on any atom is 0.0702 e. The molecule has 2 aromatic rings. The Kier molecular flexibility index (Phi) is 3.26. The molecule has 1 aromatic carbocycles. The van der Waals surface area contributed by atoms with E-state index in [0.29, 0.717) is 5.92 Å². The minimum Gasteiger partial charge on any atom is -0.271 e. The van der Waals surface area contributed by atoms with Gasteiger partial charge in [0.15, 0.2) is 0 Å². The molecule has 3 heteroatoms. The Morgan fingerprint density at radius 3 is 2.78 bits per heavy atom. The summed E-state index contributed by atoms with van der Waals surface area (Å²) in [5.74, 6) is 6.40. The van der Waals surface area contributed by atoms with Crippen LogP contribution in [0.15, 0.2) is 36.5 Å². The number of aromatic nitrogens is 1. The molecule has 3 nitrogen and oxygen atoms in total. The molecule has 3 rings (SSSR count). The first-order chi connectivity index (χ1) is 8.88. The highest BCUT2D eigenvalue weighted by Gasteiger charge is 2.25. The number of para-hydroxylation sites is 1. The predicted molar refractivity (Wildman–Crippen MR) is 73.8 cm³/mol. The van der Waals surface area contributed by atoms with Crippen LogP contribution in [0, 0.1) is 5.92 Å². The summed E-state index contributed by atoms with van der Waals surface area (Å²) in [6.07, 6.45) is 7.14. The van der Waals surface area contributed by atoms with Gasteiger partial charge in [0.25, 0.3) is 0 Å². The highest BCUT2D eigenvalue weighted by Crippen LogP contribution is 2.35. The molecule has 1 aliphatic rings. The fourth-order valence-corrected chi connectivity index (χ4v) is 3.05. The molecule has 1 atom stereocenters. The molecule has 0 saturated heterocycles. The van der Waals surface area contributed by atoms with Crippen LogP contribution in [0.5, 0.6) is 0 Å². The van der Waals surface area contributed by atoms with Crippen LogP contribution in [-0.4, -0.2) is 4.98 Å². The molecule has 1 unspecified atom stereocenters. The lowest BCUT2D eigenvalue weighted by molar-refractivity contribution is 0.373. The second-order valence-corrected chi connectivity index (χ2v) is 5.15. The zero-order valence-electron chi connectivity index (χ0n) is 10.5. The van der Waals surface area contributed by atoms with Gasteiger partial charge in [-0.1, -0.05) is 31.0 Å². The predicted octanol–water partition coefficient (Wildman–Crippen LogP) is 2.93. The van der Waals surface area contributed by atoms with Gasteiger partial charge in [0.2, 0.25) is 0 Å². The van der Waals surface area contributed by atoms with Crippen LogP contribution in [0.1, 0.15) is 37.3 Å². The topological polar surface area (TPSA) is 50.9 Å². The Morgan fingerprint density at radius 2 is 2.00 bits per heavy atom. The Labute approximate surface area is 107 Å². The quantitative estimate of drug-likeness (QED) is 0.641. The third-order valence-electron chi connectivity index (χ3n) is 4.02. The van der Waals surface area contributed by atoms with Crippen molar-refractivity contribution in [1.29, 1.82) is 0 Å². The molecule has 94 valence electrons. The van der Waals surface area contributed by atoms with E-state index in [1.807, 2.05) is 24.4 Å². The Morgan fingerprint density at radius 1 is 1.22 bits per heavy atom. The zero-order chi connectivity index (χ0) is 12.4. The number of fused-ring (bicyclic) bond motifs is 1. The van der Waals surface area contributed by atoms with Crippen molar-refractivity contribution in [3.63, 3.8) is 0 Å². The van der Waals surface area contributed by atoms with E-state index in [1.165, 1.54) is 36.6 Å². The fourth-order valence-electron chi connectivity index (χ4n) is 3.05. The van der Waals surface area contributed by atoms with Gasteiger partial charge in [0.1, 0.15) is 0 Å². The van der Waals surface area contributed by atoms with Crippen molar-refractivity contribution in [2.24, 2.45) is 11.8 Å². The van der Waals surface area contributed by atoms with Crippen LogP contribution < -0.4 is 11.3 Å². The summed E-state index contributed by atoms with van der Waals surface area (Å²) >= 11 is 0. The van der Waals surface area contributed by atoms with Gasteiger partial charge in [-0.3, -0.25) is 16.3 Å². The monoisotopic (exact) mass is 241 g/mol. The molecule has 1 saturated carbocycles. The first kappa shape index (κ1) is 11.6. The molecular formula is C15H19N3. The molecule has 1 fully saturated rings. The van der Waals surface area contributed by atoms with Crippen molar-refractivity contribution < 1.29 is 0 Å². The van der Waals surface area contributed by atoms with Gasteiger partial charge in [-0.25, -0.2) is 0 Å². The average Bonchev–Trinajstić information content (AvgIpc) is 2.93. The smallest absolute Gasteiger partial charge is 0.0702 e. The standard InChI is InChI=1S/C15H19N3/c16-18-15(11-5-1-2-6-11)13-9-12-7-3-4-8-14(12)17-10-13/h3-4,7-11,15,18H,1-2,5-6,16H2. The van der Waals surface area contributed by atoms with E-state index in [1.54, 1.807) is 0 Å². The normalized spacial score (nSPS) is 18.3. The number of pyridine rings is 1. The fraction of sp³-hybridized carbons (Fsp3) is 0.400. The third-order valence-corrected chi connectivity index (χ3v) is 4.02. The zero-order valence-corrected chi connectivity index (χ0v) is 10.5. The van der Waals surface area contributed by atoms with E-state index in [4.69, 9.17) is 5.84 Å². The molecule has 0 amide bonds. The van der Waals surface area contributed by atoms with Crippen molar-refractivity contribution >= 4 is 10.9 Å². The summed E-state index contributed by atoms with van der Waals surface area (Å²) in [6.45, 7) is 0. The summed E-state index contributed by atoms with van der Waals surface area (Å²) in [5.41, 5.74) is 5.24. The van der Waals surface area contributed by atoms with E-state index in [-0.39, 0.29) is 6.04 Å². The second kappa shape index (κ2) is 5.04. The van der Waals surface area contributed by atoms with Crippen molar-refractivity contribution in [3.05, 3.63) is 42.1 Å². The third kappa shape index (κ3) is 2.11. The van der Waals surface area contributed by atoms with E-state index in [9.17, 15) is 0 Å². The first-order valence-electron chi connectivity index (χ1n) is 6.69. The molecule has 0 bridgehead atoms. The number of benzene rings is 1. The highest BCUT2D eigenvalue weighted by atomic mass is 15.2. The van der Waals surface area contributed by atoms with Gasteiger partial charge >= 0.3 is 0 Å². The Hall–Kier alpha value is -1.45. The number of rotatable bonds is 3. The number of hydrazine groups is 1. The van der Waals surface area contributed by atoms with Crippen molar-refractivity contribution in [1.82, 2.24) is 10.4 Å². The lowest BCUT2D eigenvalue weighted by Crippen LogP contribution is -2.32. The summed E-state index contributed by atoms with van der Waals surface area (Å²) in [4.78, 5) is 4.53. The molecule has 1 heterocycles. The van der Waals surface area contributed by atoms with Crippen molar-refractivity contribution in [2.45, 2.75) is 31.7 Å². The summed E-state index contributed by atoms with van der Waals surface area (Å²) in [6, 6.07) is 10.7. The van der Waals surface area contributed by atoms with Crippen LogP contribution in [0.3, 0.4) is 0 Å². The lowest BCUT2D eigenvalue weighted by Gasteiger charge is -2.22. The van der Waals surface area contributed by atoms with Gasteiger partial charge in [-0.15, -0.1) is 0 Å². The van der Waals surface area contributed by atoms with Crippen LogP contribution in [0.25, 0.3) is 10.9 Å². The lowest BCUT2D eigenvalue weighted by atomic mass is 9.92. The van der Waals surface area contributed by atoms with Gasteiger partial charge in [-0.2, -0.15) is 0 Å². The Bertz CT molecular complexity index is 532. The number of nitrogens with two attached hydrogens (primary N) is 1. The number of nitrogens with one attached hydrogen (secondary N) is 1. The van der Waals surface area contributed by atoms with Crippen LogP contribution in [0.4, 0.5) is 0 Å². The summed E-state index contributed by atoms with van der Waals surface area (Å²) in [5, 5.41) is 1.19. The van der Waals surface area contributed by atoms with Crippen LogP contribution in [0.2, 0.25) is 0 Å². The van der Waals surface area contributed by atoms with Crippen molar-refractivity contribution in [2.75, 3.05) is 0 Å². The number of hydrogen-bond donors (Lipinski definition) is 2. The molecule has 0 spiro atoms. The van der Waals surface area contributed by atoms with E-state index < -0.39 is 0 Å². The minimum absolute atomic E-state index is 0.240. The maximum absolute atomic E-state index is 5.75. The molecule has 1 aromatic heterocycles. The number of nitrogens with zero attached hydrogens (tertiary/aromatic N) is 1. The molecule has 3 N–H and O–H groups in total. The minimum atomic E-state index is 0.240. The number of hydrogen-bond acceptors (Lipinski definition) is 3. The summed E-state index contributed by atoms with van der Waals surface area (Å²) < 4.78 is 0. The largest absolute Gasteiger partial charge is 0.271 e. The second-order valence-electron chi connectivity index (χ2n) is 5.15. The average molecular weight is 241 g/mol. The van der Waals surface area contributed by atoms with E-state index in [2.05, 4.69) is 22.5 Å². The summed E-state index contributed by atoms with van der Waals surface area (Å²) in [7, 11) is 0. The molecule has 0 aliphatic heterocycles. The molecule has 18 heavy (non-hydrogen) atoms. The maximum atomic E-state index is 5.75. The van der Waals surface area contributed by atoms with Gasteiger partial charge in [0, 0.05) is 11.6 Å². The SMILES string of the molecule is NNC(c1cnc2ccccc2c1)C1CCCC1. The molecular weight excluding hydrogens is 222 g/mol. The van der Waals surface area contributed by atoms with Gasteiger partial charge in [-0.05, 0) is 36.5 Å². The Balaban J connectivity index is 1.96. The first-order valence-corrected chi connectivity index (χ1v) is 6.69. The van der Waals surface area contributed by atoms with Crippen LogP contribution >= 0.6 is 0 Å². The van der Waals surface area contributed by atoms with E-state index in [0.717, 1.165) is 5.52 Å². The van der Waals surface area contributed by atoms with E-state index >= 15 is 0 Å². The van der Waals surface area contributed by atoms with Crippen molar-refractivity contribution in [3.8, 4) is 0 Å². The molecule has 0 radical (unpaired) electrons. The highest BCUT2D eigenvalue weighted by molar-refractivity contribution is 5.78. The van der Waals surface area contributed by atoms with Gasteiger partial charge in [0.05, 0.1) is 11.6 Å². The van der Waals surface area contributed by atoms with Gasteiger partial charge < -0.3 is 0 Å². The molecule has 1 aliphatic carbocycles. The van der Waals surface area contributed by atoms with Crippen LogP contribution in [-0.2, 0) is 0 Å².